The first kappa shape index (κ1) is 15.8. The Bertz CT molecular complexity index is 323. The van der Waals surface area contributed by atoms with Gasteiger partial charge in [-0.05, 0) is 74.5 Å². The predicted molar refractivity (Wildman–Crippen MR) is 88.4 cm³/mol. The van der Waals surface area contributed by atoms with Crippen LogP contribution in [0, 0.1) is 23.2 Å². The monoisotopic (exact) mass is 293 g/mol. The maximum Gasteiger partial charge on any atom is 0.0643 e. The van der Waals surface area contributed by atoms with Crippen LogP contribution in [-0.4, -0.2) is 25.3 Å². The molecule has 2 aliphatic carbocycles. The average molecular weight is 293 g/mol. The van der Waals surface area contributed by atoms with Crippen molar-refractivity contribution in [3.63, 3.8) is 0 Å². The smallest absolute Gasteiger partial charge is 0.0643 e. The van der Waals surface area contributed by atoms with Gasteiger partial charge < -0.3 is 10.1 Å². The Balaban J connectivity index is 1.51. The summed E-state index contributed by atoms with van der Waals surface area (Å²) in [5, 5.41) is 3.75. The third-order valence-electron chi connectivity index (χ3n) is 6.20. The van der Waals surface area contributed by atoms with Gasteiger partial charge in [-0.2, -0.15) is 0 Å². The van der Waals surface area contributed by atoms with E-state index < -0.39 is 0 Å². The molecule has 1 aliphatic heterocycles. The Hall–Kier alpha value is -0.0800. The molecule has 2 atom stereocenters. The highest BCUT2D eigenvalue weighted by Gasteiger charge is 2.38. The number of ether oxygens (including phenoxy) is 1. The Kier molecular flexibility index (Phi) is 4.95. The van der Waals surface area contributed by atoms with Crippen LogP contribution in [0.2, 0.25) is 0 Å². The fraction of sp³-hybridized carbons (Fsp3) is 1.00. The topological polar surface area (TPSA) is 21.3 Å². The van der Waals surface area contributed by atoms with Crippen molar-refractivity contribution in [2.75, 3.05) is 13.2 Å². The van der Waals surface area contributed by atoms with E-state index in [4.69, 9.17) is 4.74 Å². The summed E-state index contributed by atoms with van der Waals surface area (Å²) in [5.74, 6) is 2.52. The molecule has 1 saturated heterocycles. The highest BCUT2D eigenvalue weighted by Crippen LogP contribution is 2.43. The molecule has 2 heteroatoms. The minimum atomic E-state index is 0.491. The van der Waals surface area contributed by atoms with Crippen molar-refractivity contribution in [3.8, 4) is 0 Å². The van der Waals surface area contributed by atoms with E-state index in [0.717, 1.165) is 30.4 Å². The largest absolute Gasteiger partial charge is 0.378 e. The highest BCUT2D eigenvalue weighted by molar-refractivity contribution is 4.90. The van der Waals surface area contributed by atoms with E-state index in [1.165, 1.54) is 57.9 Å². The zero-order valence-electron chi connectivity index (χ0n) is 14.4. The molecule has 0 amide bonds. The lowest BCUT2D eigenvalue weighted by atomic mass is 9.67. The van der Waals surface area contributed by atoms with Crippen LogP contribution in [0.5, 0.6) is 0 Å². The fourth-order valence-corrected chi connectivity index (χ4v) is 4.52. The molecule has 21 heavy (non-hydrogen) atoms. The van der Waals surface area contributed by atoms with Crippen molar-refractivity contribution in [2.45, 2.75) is 84.3 Å². The van der Waals surface area contributed by atoms with Gasteiger partial charge in [0, 0.05) is 19.2 Å². The van der Waals surface area contributed by atoms with Gasteiger partial charge in [0.2, 0.25) is 0 Å². The van der Waals surface area contributed by atoms with E-state index in [1.54, 1.807) is 0 Å². The summed E-state index contributed by atoms with van der Waals surface area (Å²) in [6.45, 7) is 9.45. The first-order valence-electron chi connectivity index (χ1n) is 9.39. The van der Waals surface area contributed by atoms with Gasteiger partial charge in [-0.15, -0.1) is 0 Å². The van der Waals surface area contributed by atoms with E-state index >= 15 is 0 Å². The van der Waals surface area contributed by atoms with Crippen molar-refractivity contribution >= 4 is 0 Å². The standard InChI is InChI=1S/C19H35NO/c1-19(2,3)16-8-6-14(7-9-16)18-15(5-4-12-21-18)13-20-17-10-11-17/h14-18,20H,4-13H2,1-3H3. The number of rotatable bonds is 4. The second kappa shape index (κ2) is 6.58. The summed E-state index contributed by atoms with van der Waals surface area (Å²) in [6, 6.07) is 0.837. The summed E-state index contributed by atoms with van der Waals surface area (Å²) in [6.07, 6.45) is 11.6. The van der Waals surface area contributed by atoms with Crippen LogP contribution in [0.15, 0.2) is 0 Å². The van der Waals surface area contributed by atoms with Crippen LogP contribution in [0.4, 0.5) is 0 Å². The van der Waals surface area contributed by atoms with Crippen molar-refractivity contribution in [2.24, 2.45) is 23.2 Å². The zero-order valence-corrected chi connectivity index (χ0v) is 14.4. The molecule has 3 rings (SSSR count). The maximum absolute atomic E-state index is 6.26. The molecule has 3 aliphatic rings. The van der Waals surface area contributed by atoms with Crippen molar-refractivity contribution in [3.05, 3.63) is 0 Å². The fourth-order valence-electron chi connectivity index (χ4n) is 4.52. The van der Waals surface area contributed by atoms with Crippen LogP contribution in [-0.2, 0) is 4.74 Å². The zero-order chi connectivity index (χ0) is 14.9. The summed E-state index contributed by atoms with van der Waals surface area (Å²) in [4.78, 5) is 0. The van der Waals surface area contributed by atoms with Crippen LogP contribution < -0.4 is 5.32 Å². The van der Waals surface area contributed by atoms with Gasteiger partial charge in [-0.1, -0.05) is 20.8 Å². The second-order valence-electron chi connectivity index (χ2n) is 8.90. The van der Waals surface area contributed by atoms with Gasteiger partial charge in [0.1, 0.15) is 0 Å². The number of nitrogens with one attached hydrogen (secondary N) is 1. The first-order chi connectivity index (χ1) is 10.0. The molecule has 0 bridgehead atoms. The molecule has 1 N–H and O–H groups in total. The van der Waals surface area contributed by atoms with Crippen LogP contribution in [0.1, 0.15) is 72.1 Å². The molecule has 2 unspecified atom stereocenters. The lowest BCUT2D eigenvalue weighted by Gasteiger charge is -2.43. The van der Waals surface area contributed by atoms with Gasteiger partial charge >= 0.3 is 0 Å². The van der Waals surface area contributed by atoms with E-state index in [9.17, 15) is 0 Å². The Morgan fingerprint density at radius 1 is 0.952 bits per heavy atom. The molecular formula is C19H35NO. The third-order valence-corrected chi connectivity index (χ3v) is 6.20. The normalized spacial score (nSPS) is 38.4. The lowest BCUT2D eigenvalue weighted by molar-refractivity contribution is -0.0742. The Morgan fingerprint density at radius 2 is 1.67 bits per heavy atom. The van der Waals surface area contributed by atoms with E-state index in [2.05, 4.69) is 26.1 Å². The van der Waals surface area contributed by atoms with Gasteiger partial charge in [0.05, 0.1) is 6.10 Å². The van der Waals surface area contributed by atoms with Crippen molar-refractivity contribution in [1.82, 2.24) is 5.32 Å². The second-order valence-corrected chi connectivity index (χ2v) is 8.90. The quantitative estimate of drug-likeness (QED) is 0.830. The molecule has 1 heterocycles. The first-order valence-corrected chi connectivity index (χ1v) is 9.39. The Labute approximate surface area is 131 Å². The molecule has 122 valence electrons. The van der Waals surface area contributed by atoms with Crippen LogP contribution in [0.25, 0.3) is 0 Å². The number of hydrogen-bond donors (Lipinski definition) is 1. The van der Waals surface area contributed by atoms with E-state index in [0.29, 0.717) is 11.5 Å². The minimum absolute atomic E-state index is 0.491. The molecule has 0 radical (unpaired) electrons. The number of hydrogen-bond acceptors (Lipinski definition) is 2. The molecule has 0 aromatic rings. The molecule has 0 spiro atoms. The van der Waals surface area contributed by atoms with Crippen molar-refractivity contribution < 1.29 is 4.74 Å². The third kappa shape index (κ3) is 4.22. The average Bonchev–Trinajstić information content (AvgIpc) is 3.29. The molecule has 0 aromatic carbocycles. The summed E-state index contributed by atoms with van der Waals surface area (Å²) >= 11 is 0. The lowest BCUT2D eigenvalue weighted by Crippen LogP contribution is -2.43. The SMILES string of the molecule is CC(C)(C)C1CCC(C2OCCCC2CNC2CC2)CC1. The molecule has 3 fully saturated rings. The van der Waals surface area contributed by atoms with Crippen molar-refractivity contribution in [1.29, 1.82) is 0 Å². The van der Waals surface area contributed by atoms with Crippen LogP contribution >= 0.6 is 0 Å². The molecule has 0 aromatic heterocycles. The maximum atomic E-state index is 6.26. The molecular weight excluding hydrogens is 258 g/mol. The predicted octanol–water partition coefficient (Wildman–Crippen LogP) is 4.39. The highest BCUT2D eigenvalue weighted by atomic mass is 16.5. The van der Waals surface area contributed by atoms with Gasteiger partial charge in [-0.3, -0.25) is 0 Å². The summed E-state index contributed by atoms with van der Waals surface area (Å²) in [7, 11) is 0. The van der Waals surface area contributed by atoms with E-state index in [-0.39, 0.29) is 0 Å². The van der Waals surface area contributed by atoms with Gasteiger partial charge in [0.25, 0.3) is 0 Å². The summed E-state index contributed by atoms with van der Waals surface area (Å²) < 4.78 is 6.26. The van der Waals surface area contributed by atoms with Gasteiger partial charge in [-0.25, -0.2) is 0 Å². The Morgan fingerprint density at radius 3 is 2.29 bits per heavy atom. The molecule has 2 nitrogen and oxygen atoms in total. The summed E-state index contributed by atoms with van der Waals surface area (Å²) in [5.41, 5.74) is 0.491. The minimum Gasteiger partial charge on any atom is -0.378 e. The molecule has 2 saturated carbocycles. The van der Waals surface area contributed by atoms with E-state index in [1.807, 2.05) is 0 Å². The van der Waals surface area contributed by atoms with Crippen LogP contribution in [0.3, 0.4) is 0 Å². The van der Waals surface area contributed by atoms with Gasteiger partial charge in [0.15, 0.2) is 0 Å².